The fraction of sp³-hybridized carbons (Fsp3) is 0.467. The van der Waals surface area contributed by atoms with Gasteiger partial charge in [0.2, 0.25) is 5.91 Å². The molecule has 0 aliphatic heterocycles. The van der Waals surface area contributed by atoms with Crippen LogP contribution in [-0.2, 0) is 15.8 Å². The van der Waals surface area contributed by atoms with Crippen LogP contribution < -0.4 is 5.32 Å². The first-order chi connectivity index (χ1) is 10.3. The second-order valence-corrected chi connectivity index (χ2v) is 5.83. The van der Waals surface area contributed by atoms with Crippen LogP contribution in [0.3, 0.4) is 0 Å². The molecule has 0 bridgehead atoms. The summed E-state index contributed by atoms with van der Waals surface area (Å²) >= 11 is 0. The zero-order valence-electron chi connectivity index (χ0n) is 11.4. The van der Waals surface area contributed by atoms with E-state index < -0.39 is 29.5 Å². The van der Waals surface area contributed by atoms with E-state index in [-0.39, 0.29) is 23.4 Å². The molecule has 2 aliphatic carbocycles. The molecule has 0 saturated heterocycles. The van der Waals surface area contributed by atoms with E-state index >= 15 is 0 Å². The Morgan fingerprint density at radius 1 is 1.14 bits per heavy atom. The lowest BCUT2D eigenvalue weighted by atomic mass is 10.0. The largest absolute Gasteiger partial charge is 0.481 e. The van der Waals surface area contributed by atoms with Crippen molar-refractivity contribution in [2.45, 2.75) is 31.0 Å². The van der Waals surface area contributed by atoms with Crippen molar-refractivity contribution in [1.29, 1.82) is 0 Å². The number of amides is 1. The first-order valence-corrected chi connectivity index (χ1v) is 6.98. The van der Waals surface area contributed by atoms with E-state index in [1.165, 1.54) is 12.1 Å². The number of carbonyl (C=O) groups excluding carboxylic acids is 1. The molecule has 0 aromatic heterocycles. The Bertz CT molecular complexity index is 629. The fourth-order valence-electron chi connectivity index (χ4n) is 2.82. The molecular formula is C15H14F3NO3. The molecule has 1 aromatic rings. The summed E-state index contributed by atoms with van der Waals surface area (Å²) in [5.74, 6) is -2.93. The number of hydrogen-bond donors (Lipinski definition) is 2. The van der Waals surface area contributed by atoms with E-state index in [0.717, 1.165) is 6.07 Å². The highest BCUT2D eigenvalue weighted by Crippen LogP contribution is 2.47. The topological polar surface area (TPSA) is 66.4 Å². The third-order valence-corrected chi connectivity index (χ3v) is 4.23. The number of alkyl halides is 3. The lowest BCUT2D eigenvalue weighted by Crippen LogP contribution is -2.29. The van der Waals surface area contributed by atoms with Gasteiger partial charge in [0.15, 0.2) is 0 Å². The van der Waals surface area contributed by atoms with Crippen molar-refractivity contribution in [3.63, 3.8) is 0 Å². The van der Waals surface area contributed by atoms with Crippen LogP contribution in [0.25, 0.3) is 0 Å². The number of carboxylic acid groups (broad SMARTS) is 1. The molecule has 2 N–H and O–H groups in total. The smallest absolute Gasteiger partial charge is 0.416 e. The van der Waals surface area contributed by atoms with Gasteiger partial charge in [-0.2, -0.15) is 13.2 Å². The zero-order chi connectivity index (χ0) is 16.1. The van der Waals surface area contributed by atoms with Gasteiger partial charge in [0.1, 0.15) is 0 Å². The van der Waals surface area contributed by atoms with Crippen LogP contribution in [0.5, 0.6) is 0 Å². The molecule has 0 spiro atoms. The van der Waals surface area contributed by atoms with Gasteiger partial charge in [0.05, 0.1) is 17.4 Å². The average Bonchev–Trinajstić information content (AvgIpc) is 3.31. The second kappa shape index (κ2) is 5.00. The van der Waals surface area contributed by atoms with Gasteiger partial charge in [-0.3, -0.25) is 9.59 Å². The second-order valence-electron chi connectivity index (χ2n) is 5.83. The molecule has 0 heterocycles. The van der Waals surface area contributed by atoms with Crippen LogP contribution in [0.15, 0.2) is 24.3 Å². The first-order valence-electron chi connectivity index (χ1n) is 6.98. The zero-order valence-corrected chi connectivity index (χ0v) is 11.4. The Morgan fingerprint density at radius 3 is 2.41 bits per heavy atom. The summed E-state index contributed by atoms with van der Waals surface area (Å²) in [6.07, 6.45) is -3.67. The molecule has 2 aliphatic rings. The van der Waals surface area contributed by atoms with Gasteiger partial charge in [0, 0.05) is 12.0 Å². The molecule has 22 heavy (non-hydrogen) atoms. The minimum Gasteiger partial charge on any atom is -0.481 e. The highest BCUT2D eigenvalue weighted by atomic mass is 19.4. The number of benzene rings is 1. The van der Waals surface area contributed by atoms with Gasteiger partial charge in [0.25, 0.3) is 0 Å². The lowest BCUT2D eigenvalue weighted by Gasteiger charge is -2.12. The number of rotatable bonds is 4. The standard InChI is InChI=1S/C15H14F3NO3/c16-15(17,18)11-4-2-1-3-7(11)8-6-12(8)19-13(20)9-5-10(9)14(21)22/h1-4,8-10,12H,5-6H2,(H,19,20)(H,21,22)/t8-,9-,10+,12-/m0/s1. The van der Waals surface area contributed by atoms with Crippen LogP contribution in [0.4, 0.5) is 13.2 Å². The number of aliphatic carboxylic acids is 1. The molecule has 1 aromatic carbocycles. The van der Waals surface area contributed by atoms with Gasteiger partial charge < -0.3 is 10.4 Å². The molecular weight excluding hydrogens is 299 g/mol. The Balaban J connectivity index is 1.64. The Kier molecular flexibility index (Phi) is 3.38. The number of carbonyl (C=O) groups is 2. The summed E-state index contributed by atoms with van der Waals surface area (Å²) in [5, 5.41) is 11.4. The summed E-state index contributed by atoms with van der Waals surface area (Å²) in [5.41, 5.74) is -0.488. The quantitative estimate of drug-likeness (QED) is 0.897. The summed E-state index contributed by atoms with van der Waals surface area (Å²) in [4.78, 5) is 22.5. The third-order valence-electron chi connectivity index (χ3n) is 4.23. The summed E-state index contributed by atoms with van der Waals surface area (Å²) in [7, 11) is 0. The molecule has 4 atom stereocenters. The van der Waals surface area contributed by atoms with Crippen molar-refractivity contribution in [1.82, 2.24) is 5.32 Å². The van der Waals surface area contributed by atoms with E-state index in [0.29, 0.717) is 12.8 Å². The van der Waals surface area contributed by atoms with E-state index in [9.17, 15) is 22.8 Å². The minimum absolute atomic E-state index is 0.186. The monoisotopic (exact) mass is 313 g/mol. The van der Waals surface area contributed by atoms with Crippen molar-refractivity contribution in [3.8, 4) is 0 Å². The predicted molar refractivity (Wildman–Crippen MR) is 70.0 cm³/mol. The van der Waals surface area contributed by atoms with Gasteiger partial charge >= 0.3 is 12.1 Å². The van der Waals surface area contributed by atoms with Crippen LogP contribution in [-0.4, -0.2) is 23.0 Å². The van der Waals surface area contributed by atoms with Gasteiger partial charge in [-0.25, -0.2) is 0 Å². The molecule has 3 rings (SSSR count). The molecule has 4 nitrogen and oxygen atoms in total. The maximum atomic E-state index is 13.0. The van der Waals surface area contributed by atoms with E-state index in [2.05, 4.69) is 5.32 Å². The molecule has 2 saturated carbocycles. The Hall–Kier alpha value is -2.05. The number of nitrogens with one attached hydrogen (secondary N) is 1. The third kappa shape index (κ3) is 2.80. The van der Waals surface area contributed by atoms with Crippen molar-refractivity contribution >= 4 is 11.9 Å². The van der Waals surface area contributed by atoms with Gasteiger partial charge in [-0.05, 0) is 24.5 Å². The fourth-order valence-corrected chi connectivity index (χ4v) is 2.82. The normalized spacial score (nSPS) is 29.8. The van der Waals surface area contributed by atoms with Crippen molar-refractivity contribution in [2.24, 2.45) is 11.8 Å². The Labute approximate surface area is 124 Å². The number of carboxylic acids is 1. The maximum absolute atomic E-state index is 13.0. The first kappa shape index (κ1) is 14.9. The Morgan fingerprint density at radius 2 is 1.82 bits per heavy atom. The van der Waals surface area contributed by atoms with Crippen LogP contribution in [0.1, 0.15) is 29.9 Å². The van der Waals surface area contributed by atoms with Crippen molar-refractivity contribution < 1.29 is 27.9 Å². The van der Waals surface area contributed by atoms with E-state index in [1.54, 1.807) is 6.07 Å². The highest BCUT2D eigenvalue weighted by molar-refractivity contribution is 5.89. The maximum Gasteiger partial charge on any atom is 0.416 e. The lowest BCUT2D eigenvalue weighted by molar-refractivity contribution is -0.140. The molecule has 0 radical (unpaired) electrons. The van der Waals surface area contributed by atoms with Crippen molar-refractivity contribution in [3.05, 3.63) is 35.4 Å². The van der Waals surface area contributed by atoms with Crippen LogP contribution in [0, 0.1) is 11.8 Å². The van der Waals surface area contributed by atoms with Crippen LogP contribution >= 0.6 is 0 Å². The summed E-state index contributed by atoms with van der Waals surface area (Å²) < 4.78 is 38.9. The molecule has 7 heteroatoms. The minimum atomic E-state index is -4.42. The summed E-state index contributed by atoms with van der Waals surface area (Å²) in [6.45, 7) is 0. The average molecular weight is 313 g/mol. The number of halogens is 3. The van der Waals surface area contributed by atoms with Gasteiger partial charge in [-0.15, -0.1) is 0 Å². The predicted octanol–water partition coefficient (Wildman–Crippen LogP) is 2.40. The van der Waals surface area contributed by atoms with Crippen molar-refractivity contribution in [2.75, 3.05) is 0 Å². The molecule has 118 valence electrons. The highest BCUT2D eigenvalue weighted by Gasteiger charge is 2.51. The summed E-state index contributed by atoms with van der Waals surface area (Å²) in [6, 6.07) is 5.00. The molecule has 0 unspecified atom stereocenters. The van der Waals surface area contributed by atoms with Gasteiger partial charge in [-0.1, -0.05) is 18.2 Å². The van der Waals surface area contributed by atoms with Crippen LogP contribution in [0.2, 0.25) is 0 Å². The SMILES string of the molecule is O=C(N[C@H]1C[C@H]1c1ccccc1C(F)(F)F)[C@H]1C[C@H]1C(=O)O. The molecule has 2 fully saturated rings. The number of hydrogen-bond acceptors (Lipinski definition) is 2. The van der Waals surface area contributed by atoms with E-state index in [1.807, 2.05) is 0 Å². The molecule has 1 amide bonds. The van der Waals surface area contributed by atoms with E-state index in [4.69, 9.17) is 5.11 Å².